The van der Waals surface area contributed by atoms with Gasteiger partial charge in [-0.1, -0.05) is 38.1 Å². The molecule has 2 rings (SSSR count). The molecule has 0 aliphatic carbocycles. The molecule has 1 N–H and O–H groups in total. The lowest BCUT2D eigenvalue weighted by Gasteiger charge is -2.21. The molecular weight excluding hydrogens is 300 g/mol. The van der Waals surface area contributed by atoms with Crippen molar-refractivity contribution in [1.82, 2.24) is 0 Å². The summed E-state index contributed by atoms with van der Waals surface area (Å²) in [5.41, 5.74) is 3.73. The molecule has 0 bridgehead atoms. The van der Waals surface area contributed by atoms with Gasteiger partial charge in [-0.3, -0.25) is 9.59 Å². The van der Waals surface area contributed by atoms with E-state index in [1.807, 2.05) is 55.5 Å². The van der Waals surface area contributed by atoms with Gasteiger partial charge in [-0.15, -0.1) is 0 Å². The Hall–Kier alpha value is -2.62. The van der Waals surface area contributed by atoms with Gasteiger partial charge in [0.25, 0.3) is 0 Å². The summed E-state index contributed by atoms with van der Waals surface area (Å²) in [6.45, 7) is 7.66. The molecule has 2 aromatic carbocycles. The van der Waals surface area contributed by atoms with Crippen LogP contribution in [-0.2, 0) is 9.59 Å². The number of carbonyl (C=O) groups is 2. The van der Waals surface area contributed by atoms with E-state index < -0.39 is 0 Å². The zero-order valence-corrected chi connectivity index (χ0v) is 14.7. The van der Waals surface area contributed by atoms with Crippen LogP contribution in [0.5, 0.6) is 0 Å². The summed E-state index contributed by atoms with van der Waals surface area (Å²) in [6, 6.07) is 15.3. The average Bonchev–Trinajstić information content (AvgIpc) is 2.52. The summed E-state index contributed by atoms with van der Waals surface area (Å²) in [5.74, 6) is 0.0462. The van der Waals surface area contributed by atoms with Crippen LogP contribution in [0.1, 0.15) is 37.8 Å². The van der Waals surface area contributed by atoms with E-state index in [0.29, 0.717) is 5.92 Å². The van der Waals surface area contributed by atoms with Crippen LogP contribution in [0.2, 0.25) is 0 Å². The molecule has 126 valence electrons. The van der Waals surface area contributed by atoms with Crippen LogP contribution >= 0.6 is 0 Å². The molecule has 0 aromatic heterocycles. The maximum atomic E-state index is 12.3. The Balaban J connectivity index is 2.10. The quantitative estimate of drug-likeness (QED) is 0.900. The molecule has 2 aromatic rings. The summed E-state index contributed by atoms with van der Waals surface area (Å²) in [7, 11) is 0. The first-order valence-electron chi connectivity index (χ1n) is 8.11. The van der Waals surface area contributed by atoms with Crippen molar-refractivity contribution in [2.24, 2.45) is 0 Å². The second-order valence-corrected chi connectivity index (χ2v) is 6.27. The molecule has 0 saturated heterocycles. The molecule has 0 saturated carbocycles. The lowest BCUT2D eigenvalue weighted by Crippen LogP contribution is -2.36. The zero-order chi connectivity index (χ0) is 17.7. The fraction of sp³-hybridized carbons (Fsp3) is 0.300. The number of hydrogen-bond acceptors (Lipinski definition) is 2. The lowest BCUT2D eigenvalue weighted by atomic mass is 10.0. The number of nitrogens with one attached hydrogen (secondary N) is 1. The van der Waals surface area contributed by atoms with Crippen molar-refractivity contribution in [3.63, 3.8) is 0 Å². The van der Waals surface area contributed by atoms with Crippen molar-refractivity contribution >= 4 is 23.2 Å². The second-order valence-electron chi connectivity index (χ2n) is 6.27. The number of rotatable bonds is 5. The molecule has 0 radical (unpaired) electrons. The highest BCUT2D eigenvalue weighted by molar-refractivity contribution is 6.01. The predicted molar refractivity (Wildman–Crippen MR) is 98.4 cm³/mol. The van der Waals surface area contributed by atoms with Crippen LogP contribution < -0.4 is 10.2 Å². The van der Waals surface area contributed by atoms with Gasteiger partial charge >= 0.3 is 0 Å². The van der Waals surface area contributed by atoms with Crippen LogP contribution in [-0.4, -0.2) is 18.4 Å². The summed E-state index contributed by atoms with van der Waals surface area (Å²) in [6.07, 6.45) is 0. The van der Waals surface area contributed by atoms with Crippen molar-refractivity contribution in [3.8, 4) is 0 Å². The smallest absolute Gasteiger partial charge is 0.244 e. The van der Waals surface area contributed by atoms with Crippen LogP contribution in [0, 0.1) is 6.92 Å². The van der Waals surface area contributed by atoms with Gasteiger partial charge in [0.05, 0.1) is 0 Å². The van der Waals surface area contributed by atoms with Gasteiger partial charge in [-0.25, -0.2) is 0 Å². The average molecular weight is 324 g/mol. The molecule has 4 nitrogen and oxygen atoms in total. The number of aryl methyl sites for hydroxylation is 1. The number of benzene rings is 2. The molecule has 0 atom stereocenters. The van der Waals surface area contributed by atoms with Crippen molar-refractivity contribution in [2.75, 3.05) is 16.8 Å². The van der Waals surface area contributed by atoms with Gasteiger partial charge in [0.15, 0.2) is 0 Å². The van der Waals surface area contributed by atoms with E-state index in [4.69, 9.17) is 0 Å². The van der Waals surface area contributed by atoms with E-state index in [-0.39, 0.29) is 18.4 Å². The number of anilines is 2. The standard InChI is InChI=1S/C20H24N2O2/c1-14(2)17-8-10-19(11-9-17)22(16(4)23)13-20(24)21-18-7-5-6-15(3)12-18/h5-12,14H,13H2,1-4H3,(H,21,24). The highest BCUT2D eigenvalue weighted by atomic mass is 16.2. The summed E-state index contributed by atoms with van der Waals surface area (Å²) >= 11 is 0. The Morgan fingerprint density at radius 1 is 1.08 bits per heavy atom. The minimum absolute atomic E-state index is 0.00962. The van der Waals surface area contributed by atoms with E-state index >= 15 is 0 Å². The van der Waals surface area contributed by atoms with E-state index in [0.717, 1.165) is 16.9 Å². The Bertz CT molecular complexity index is 721. The minimum Gasteiger partial charge on any atom is -0.325 e. The molecule has 24 heavy (non-hydrogen) atoms. The van der Waals surface area contributed by atoms with E-state index in [9.17, 15) is 9.59 Å². The molecule has 0 fully saturated rings. The minimum atomic E-state index is -0.219. The first-order chi connectivity index (χ1) is 11.4. The van der Waals surface area contributed by atoms with Crippen LogP contribution in [0.25, 0.3) is 0 Å². The number of carbonyl (C=O) groups excluding carboxylic acids is 2. The molecule has 4 heteroatoms. The Labute approximate surface area is 143 Å². The molecule has 0 aliphatic heterocycles. The molecule has 0 heterocycles. The fourth-order valence-corrected chi connectivity index (χ4v) is 2.49. The van der Waals surface area contributed by atoms with Crippen molar-refractivity contribution in [2.45, 2.75) is 33.6 Å². The third kappa shape index (κ3) is 4.69. The zero-order valence-electron chi connectivity index (χ0n) is 14.7. The highest BCUT2D eigenvalue weighted by Gasteiger charge is 2.16. The first kappa shape index (κ1) is 17.7. The maximum Gasteiger partial charge on any atom is 0.244 e. The van der Waals surface area contributed by atoms with Gasteiger partial charge in [-0.2, -0.15) is 0 Å². The van der Waals surface area contributed by atoms with Gasteiger partial charge in [0.1, 0.15) is 6.54 Å². The van der Waals surface area contributed by atoms with Crippen LogP contribution in [0.3, 0.4) is 0 Å². The Morgan fingerprint density at radius 3 is 2.29 bits per heavy atom. The largest absolute Gasteiger partial charge is 0.325 e. The third-order valence-corrected chi connectivity index (χ3v) is 3.86. The first-order valence-corrected chi connectivity index (χ1v) is 8.11. The summed E-state index contributed by atoms with van der Waals surface area (Å²) < 4.78 is 0. The third-order valence-electron chi connectivity index (χ3n) is 3.86. The fourth-order valence-electron chi connectivity index (χ4n) is 2.49. The van der Waals surface area contributed by atoms with Crippen LogP contribution in [0.15, 0.2) is 48.5 Å². The monoisotopic (exact) mass is 324 g/mol. The summed E-state index contributed by atoms with van der Waals surface area (Å²) in [5, 5.41) is 2.83. The second kappa shape index (κ2) is 7.77. The molecule has 0 aliphatic rings. The number of amides is 2. The van der Waals surface area contributed by atoms with Gasteiger partial charge in [0, 0.05) is 18.3 Å². The Morgan fingerprint density at radius 2 is 1.75 bits per heavy atom. The number of nitrogens with zero attached hydrogens (tertiary/aromatic N) is 1. The predicted octanol–water partition coefficient (Wildman–Crippen LogP) is 4.11. The molecule has 2 amide bonds. The van der Waals surface area contributed by atoms with Gasteiger partial charge in [0.2, 0.25) is 11.8 Å². The van der Waals surface area contributed by atoms with Gasteiger partial charge < -0.3 is 10.2 Å². The molecule has 0 spiro atoms. The normalized spacial score (nSPS) is 10.5. The summed E-state index contributed by atoms with van der Waals surface area (Å²) in [4.78, 5) is 25.7. The Kier molecular flexibility index (Phi) is 5.74. The maximum absolute atomic E-state index is 12.3. The van der Waals surface area contributed by atoms with E-state index in [2.05, 4.69) is 19.2 Å². The van der Waals surface area contributed by atoms with Crippen LogP contribution in [0.4, 0.5) is 11.4 Å². The van der Waals surface area contributed by atoms with Gasteiger partial charge in [-0.05, 0) is 48.2 Å². The topological polar surface area (TPSA) is 49.4 Å². The van der Waals surface area contributed by atoms with E-state index in [1.165, 1.54) is 17.4 Å². The van der Waals surface area contributed by atoms with Crippen molar-refractivity contribution < 1.29 is 9.59 Å². The van der Waals surface area contributed by atoms with Crippen molar-refractivity contribution in [1.29, 1.82) is 0 Å². The number of hydrogen-bond donors (Lipinski definition) is 1. The lowest BCUT2D eigenvalue weighted by molar-refractivity contribution is -0.120. The molecule has 0 unspecified atom stereocenters. The highest BCUT2D eigenvalue weighted by Crippen LogP contribution is 2.20. The SMILES string of the molecule is CC(=O)N(CC(=O)Nc1cccc(C)c1)c1ccc(C(C)C)cc1. The molecular formula is C20H24N2O2. The van der Waals surface area contributed by atoms with E-state index in [1.54, 1.807) is 0 Å². The van der Waals surface area contributed by atoms with Crippen molar-refractivity contribution in [3.05, 3.63) is 59.7 Å².